The van der Waals surface area contributed by atoms with Crippen LogP contribution in [0.15, 0.2) is 18.2 Å². The summed E-state index contributed by atoms with van der Waals surface area (Å²) < 4.78 is 5.39. The Hall–Kier alpha value is -1.96. The molecule has 2 saturated carbocycles. The van der Waals surface area contributed by atoms with Crippen molar-refractivity contribution < 1.29 is 19.2 Å². The number of ether oxygens (including phenoxy) is 1. The van der Waals surface area contributed by atoms with Crippen LogP contribution in [0.3, 0.4) is 0 Å². The lowest BCUT2D eigenvalue weighted by Crippen LogP contribution is -2.40. The van der Waals surface area contributed by atoms with Gasteiger partial charge in [-0.3, -0.25) is 19.7 Å². The van der Waals surface area contributed by atoms with Crippen LogP contribution in [0.4, 0.5) is 11.4 Å². The number of alkyl halides is 1. The van der Waals surface area contributed by atoms with Crippen molar-refractivity contribution in [3.63, 3.8) is 0 Å². The monoisotopic (exact) mass is 394 g/mol. The first-order valence-electron chi connectivity index (χ1n) is 7.79. The molecule has 6 atom stereocenters. The van der Waals surface area contributed by atoms with E-state index in [4.69, 9.17) is 4.74 Å². The average Bonchev–Trinajstić information content (AvgIpc) is 3.13. The molecule has 1 saturated heterocycles. The highest BCUT2D eigenvalue weighted by Crippen LogP contribution is 2.60. The molecule has 0 radical (unpaired) electrons. The van der Waals surface area contributed by atoms with Gasteiger partial charge in [-0.25, -0.2) is 0 Å². The van der Waals surface area contributed by atoms with Crippen LogP contribution in [-0.2, 0) is 14.3 Å². The number of nitrogens with zero attached hydrogens (tertiary/aromatic N) is 1. The predicted molar refractivity (Wildman–Crippen MR) is 87.6 cm³/mol. The number of halogens is 1. The average molecular weight is 395 g/mol. The topological polar surface area (TPSA) is 98.5 Å². The molecular weight excluding hydrogens is 380 g/mol. The minimum atomic E-state index is -0.476. The number of nitro groups is 1. The molecule has 7 nitrogen and oxygen atoms in total. The first-order chi connectivity index (χ1) is 11.4. The van der Waals surface area contributed by atoms with Gasteiger partial charge in [0.25, 0.3) is 5.69 Å². The van der Waals surface area contributed by atoms with E-state index in [1.165, 1.54) is 6.07 Å². The second-order valence-corrected chi connectivity index (χ2v) is 7.77. The first kappa shape index (κ1) is 15.6. The molecule has 8 heteroatoms. The van der Waals surface area contributed by atoms with Gasteiger partial charge in [0.05, 0.1) is 21.6 Å². The summed E-state index contributed by atoms with van der Waals surface area (Å²) >= 11 is 3.56. The Bertz CT molecular complexity index is 767. The zero-order valence-electron chi connectivity index (χ0n) is 12.8. The fraction of sp³-hybridized carbons (Fsp3) is 0.500. The fourth-order valence-electron chi connectivity index (χ4n) is 4.44. The van der Waals surface area contributed by atoms with E-state index >= 15 is 0 Å². The van der Waals surface area contributed by atoms with Crippen LogP contribution in [-0.4, -0.2) is 27.7 Å². The lowest BCUT2D eigenvalue weighted by molar-refractivity contribution is -0.385. The highest BCUT2D eigenvalue weighted by Gasteiger charge is 2.67. The maximum Gasteiger partial charge on any atom is 0.310 e. The molecule has 3 fully saturated rings. The molecule has 1 aromatic rings. The number of carbonyl (C=O) groups excluding carboxylic acids is 2. The maximum atomic E-state index is 12.7. The number of esters is 1. The Balaban J connectivity index is 1.58. The Morgan fingerprint density at radius 1 is 1.42 bits per heavy atom. The fourth-order valence-corrected chi connectivity index (χ4v) is 5.48. The highest BCUT2D eigenvalue weighted by atomic mass is 79.9. The van der Waals surface area contributed by atoms with Crippen LogP contribution in [0.25, 0.3) is 0 Å². The van der Waals surface area contributed by atoms with E-state index in [1.807, 2.05) is 0 Å². The molecule has 2 aliphatic carbocycles. The Kier molecular flexibility index (Phi) is 3.42. The van der Waals surface area contributed by atoms with Crippen molar-refractivity contribution in [1.82, 2.24) is 0 Å². The molecule has 4 rings (SSSR count). The van der Waals surface area contributed by atoms with E-state index in [2.05, 4.69) is 21.2 Å². The minimum Gasteiger partial charge on any atom is -0.461 e. The van der Waals surface area contributed by atoms with Crippen LogP contribution in [0, 0.1) is 40.7 Å². The number of hydrogen-bond donors (Lipinski definition) is 1. The van der Waals surface area contributed by atoms with Crippen molar-refractivity contribution >= 4 is 39.2 Å². The summed E-state index contributed by atoms with van der Waals surface area (Å²) in [5, 5.41) is 13.8. The molecule has 126 valence electrons. The summed E-state index contributed by atoms with van der Waals surface area (Å²) in [6.45, 7) is 1.64. The van der Waals surface area contributed by atoms with Crippen molar-refractivity contribution in [3.8, 4) is 0 Å². The second-order valence-electron chi connectivity index (χ2n) is 6.71. The van der Waals surface area contributed by atoms with Crippen molar-refractivity contribution in [2.45, 2.75) is 24.3 Å². The Morgan fingerprint density at radius 3 is 2.88 bits per heavy atom. The quantitative estimate of drug-likeness (QED) is 0.367. The first-order valence-corrected chi connectivity index (χ1v) is 8.70. The molecule has 1 N–H and O–H groups in total. The van der Waals surface area contributed by atoms with E-state index in [-0.39, 0.29) is 40.3 Å². The lowest BCUT2D eigenvalue weighted by atomic mass is 9.79. The summed E-state index contributed by atoms with van der Waals surface area (Å²) in [5.41, 5.74) is 0.856. The molecule has 0 unspecified atom stereocenters. The number of benzene rings is 1. The third-order valence-corrected chi connectivity index (χ3v) is 6.70. The summed E-state index contributed by atoms with van der Waals surface area (Å²) in [4.78, 5) is 35.4. The number of hydrogen-bond acceptors (Lipinski definition) is 5. The van der Waals surface area contributed by atoms with Crippen LogP contribution in [0.2, 0.25) is 0 Å². The van der Waals surface area contributed by atoms with E-state index in [1.54, 1.807) is 19.1 Å². The number of carbonyl (C=O) groups is 2. The van der Waals surface area contributed by atoms with E-state index in [0.717, 1.165) is 6.42 Å². The maximum absolute atomic E-state index is 12.7. The van der Waals surface area contributed by atoms with Gasteiger partial charge in [-0.1, -0.05) is 22.0 Å². The van der Waals surface area contributed by atoms with Crippen LogP contribution in [0.5, 0.6) is 0 Å². The second kappa shape index (κ2) is 5.27. The third-order valence-electron chi connectivity index (χ3n) is 5.50. The van der Waals surface area contributed by atoms with Gasteiger partial charge >= 0.3 is 5.97 Å². The number of aryl methyl sites for hydroxylation is 1. The zero-order valence-corrected chi connectivity index (χ0v) is 14.4. The number of amides is 1. The zero-order chi connectivity index (χ0) is 17.2. The number of fused-ring (bicyclic) bond motifs is 1. The molecule has 1 heterocycles. The summed E-state index contributed by atoms with van der Waals surface area (Å²) in [7, 11) is 0. The highest BCUT2D eigenvalue weighted by molar-refractivity contribution is 9.09. The van der Waals surface area contributed by atoms with Gasteiger partial charge in [0.2, 0.25) is 5.91 Å². The summed E-state index contributed by atoms with van der Waals surface area (Å²) in [6.07, 6.45) is 0.667. The minimum absolute atomic E-state index is 0.00620. The van der Waals surface area contributed by atoms with E-state index in [9.17, 15) is 19.7 Å². The van der Waals surface area contributed by atoms with Crippen LogP contribution in [0.1, 0.15) is 12.0 Å². The van der Waals surface area contributed by atoms with Crippen molar-refractivity contribution in [2.24, 2.45) is 23.7 Å². The van der Waals surface area contributed by atoms with Gasteiger partial charge in [0, 0.05) is 23.2 Å². The van der Waals surface area contributed by atoms with Crippen molar-refractivity contribution in [3.05, 3.63) is 33.9 Å². The van der Waals surface area contributed by atoms with E-state index in [0.29, 0.717) is 11.3 Å². The number of anilines is 1. The largest absolute Gasteiger partial charge is 0.461 e. The van der Waals surface area contributed by atoms with Crippen molar-refractivity contribution in [2.75, 3.05) is 5.32 Å². The number of nitro benzene ring substituents is 1. The molecule has 1 aliphatic heterocycles. The van der Waals surface area contributed by atoms with Gasteiger partial charge in [0.15, 0.2) is 0 Å². The Labute approximate surface area is 146 Å². The number of nitrogens with one attached hydrogen (secondary N) is 1. The van der Waals surface area contributed by atoms with Crippen LogP contribution >= 0.6 is 15.9 Å². The Morgan fingerprint density at radius 2 is 2.17 bits per heavy atom. The van der Waals surface area contributed by atoms with Gasteiger partial charge < -0.3 is 10.1 Å². The van der Waals surface area contributed by atoms with Gasteiger partial charge in [-0.05, 0) is 25.3 Å². The van der Waals surface area contributed by atoms with Gasteiger partial charge in [0.1, 0.15) is 6.10 Å². The molecule has 1 aromatic carbocycles. The summed E-state index contributed by atoms with van der Waals surface area (Å²) in [5.74, 6) is -1.27. The van der Waals surface area contributed by atoms with Gasteiger partial charge in [-0.2, -0.15) is 0 Å². The molecule has 0 spiro atoms. The van der Waals surface area contributed by atoms with Gasteiger partial charge in [-0.15, -0.1) is 0 Å². The molecule has 2 bridgehead atoms. The lowest BCUT2D eigenvalue weighted by Gasteiger charge is -2.27. The van der Waals surface area contributed by atoms with E-state index < -0.39 is 16.8 Å². The molecule has 3 aliphatic rings. The normalized spacial score (nSPS) is 35.8. The SMILES string of the molecule is Cc1ccc(NC(=O)[C@@H]2[C@H]3C[C@H]4[C@H](OC(=O)[C@@H]42)[C@H]3Br)cc1[N+](=O)[O-]. The smallest absolute Gasteiger partial charge is 0.310 e. The standard InChI is InChI=1S/C16H15BrN2O5/c1-6-2-3-7(4-10(6)19(22)23)18-15(20)11-8-5-9-12(11)16(21)24-14(9)13(8)17/h2-4,8-9,11-14H,5H2,1H3,(H,18,20)/t8-,9-,11-,12+,13+,14+/m1/s1. The predicted octanol–water partition coefficient (Wildman–Crippen LogP) is 2.41. The molecular formula is C16H15BrN2O5. The third kappa shape index (κ3) is 2.08. The van der Waals surface area contributed by atoms with Crippen LogP contribution < -0.4 is 5.32 Å². The molecule has 24 heavy (non-hydrogen) atoms. The molecule has 0 aromatic heterocycles. The van der Waals surface area contributed by atoms with Crippen molar-refractivity contribution in [1.29, 1.82) is 0 Å². The molecule has 1 amide bonds. The number of rotatable bonds is 3. The summed E-state index contributed by atoms with van der Waals surface area (Å²) in [6, 6.07) is 4.58.